The molecule has 1 nitrogen and oxygen atoms in total. The third-order valence-corrected chi connectivity index (χ3v) is 2.64. The second-order valence-corrected chi connectivity index (χ2v) is 3.69. The van der Waals surface area contributed by atoms with Crippen molar-refractivity contribution in [2.45, 2.75) is 34.1 Å². The summed E-state index contributed by atoms with van der Waals surface area (Å²) in [5, 5.41) is 9.83. The van der Waals surface area contributed by atoms with Gasteiger partial charge in [-0.25, -0.2) is 0 Å². The van der Waals surface area contributed by atoms with Crippen LogP contribution in [0.1, 0.15) is 35.6 Å². The van der Waals surface area contributed by atoms with Crippen molar-refractivity contribution in [1.82, 2.24) is 0 Å². The highest BCUT2D eigenvalue weighted by Gasteiger charge is 2.06. The van der Waals surface area contributed by atoms with Crippen LogP contribution in [0.15, 0.2) is 12.1 Å². The second-order valence-electron chi connectivity index (χ2n) is 3.69. The van der Waals surface area contributed by atoms with E-state index in [1.165, 1.54) is 0 Å². The molecule has 1 aromatic rings. The van der Waals surface area contributed by atoms with E-state index >= 15 is 0 Å². The Balaban J connectivity index is 3.26. The van der Waals surface area contributed by atoms with E-state index in [0.29, 0.717) is 5.75 Å². The van der Waals surface area contributed by atoms with E-state index in [1.54, 1.807) is 0 Å². The van der Waals surface area contributed by atoms with Crippen LogP contribution in [0, 0.1) is 20.8 Å². The lowest BCUT2D eigenvalue weighted by Crippen LogP contribution is -1.89. The molecule has 0 bridgehead atoms. The largest absolute Gasteiger partial charge is 0.507 e. The van der Waals surface area contributed by atoms with E-state index in [2.05, 4.69) is 25.1 Å². The second kappa shape index (κ2) is 4.32. The van der Waals surface area contributed by atoms with E-state index in [4.69, 9.17) is 0 Å². The molecule has 0 aromatic heterocycles. The standard InChI is InChI=1S/C13H18O/c1-5-6-7-12-8-9(2)10(3)13(14)11(12)4/h6-8,14H,5H2,1-4H3/b7-6+. The Kier molecular flexibility index (Phi) is 3.34. The van der Waals surface area contributed by atoms with Crippen molar-refractivity contribution in [2.24, 2.45) is 0 Å². The van der Waals surface area contributed by atoms with Crippen LogP contribution >= 0.6 is 0 Å². The number of benzene rings is 1. The number of aryl methyl sites for hydroxylation is 1. The summed E-state index contributed by atoms with van der Waals surface area (Å²) < 4.78 is 0. The van der Waals surface area contributed by atoms with Gasteiger partial charge in [-0.1, -0.05) is 25.1 Å². The van der Waals surface area contributed by atoms with Gasteiger partial charge in [0.1, 0.15) is 5.75 Å². The number of allylic oxidation sites excluding steroid dienone is 1. The Morgan fingerprint density at radius 2 is 1.86 bits per heavy atom. The van der Waals surface area contributed by atoms with Crippen LogP contribution < -0.4 is 0 Å². The van der Waals surface area contributed by atoms with Crippen molar-refractivity contribution in [2.75, 3.05) is 0 Å². The maximum Gasteiger partial charge on any atom is 0.122 e. The summed E-state index contributed by atoms with van der Waals surface area (Å²) in [7, 11) is 0. The molecule has 0 spiro atoms. The predicted octanol–water partition coefficient (Wildman–Crippen LogP) is 3.74. The number of hydrogen-bond donors (Lipinski definition) is 1. The fourth-order valence-electron chi connectivity index (χ4n) is 1.47. The van der Waals surface area contributed by atoms with E-state index in [0.717, 1.165) is 28.7 Å². The molecule has 0 aliphatic rings. The summed E-state index contributed by atoms with van der Waals surface area (Å²) in [4.78, 5) is 0. The molecule has 0 aliphatic carbocycles. The molecule has 1 heteroatoms. The van der Waals surface area contributed by atoms with Gasteiger partial charge in [0.2, 0.25) is 0 Å². The zero-order chi connectivity index (χ0) is 10.7. The van der Waals surface area contributed by atoms with E-state index in [-0.39, 0.29) is 0 Å². The van der Waals surface area contributed by atoms with Gasteiger partial charge < -0.3 is 5.11 Å². The topological polar surface area (TPSA) is 20.2 Å². The molecule has 1 aromatic carbocycles. The number of aromatic hydroxyl groups is 1. The van der Waals surface area contributed by atoms with Gasteiger partial charge in [0, 0.05) is 0 Å². The average molecular weight is 190 g/mol. The van der Waals surface area contributed by atoms with E-state index in [1.807, 2.05) is 20.8 Å². The molecule has 0 saturated carbocycles. The van der Waals surface area contributed by atoms with Crippen LogP contribution in [0.25, 0.3) is 6.08 Å². The van der Waals surface area contributed by atoms with Crippen LogP contribution in [0.2, 0.25) is 0 Å². The number of rotatable bonds is 2. The lowest BCUT2D eigenvalue weighted by Gasteiger charge is -2.09. The first-order valence-electron chi connectivity index (χ1n) is 5.04. The van der Waals surface area contributed by atoms with Crippen LogP contribution in [0.4, 0.5) is 0 Å². The molecule has 0 saturated heterocycles. The number of phenolic OH excluding ortho intramolecular Hbond substituents is 1. The molecule has 1 rings (SSSR count). The smallest absolute Gasteiger partial charge is 0.122 e. The normalized spacial score (nSPS) is 11.1. The predicted molar refractivity (Wildman–Crippen MR) is 61.6 cm³/mol. The SMILES string of the molecule is CC/C=C/c1cc(C)c(C)c(O)c1C. The minimum Gasteiger partial charge on any atom is -0.507 e. The van der Waals surface area contributed by atoms with Gasteiger partial charge in [0.25, 0.3) is 0 Å². The summed E-state index contributed by atoms with van der Waals surface area (Å²) in [6.45, 7) is 8.03. The first-order valence-corrected chi connectivity index (χ1v) is 5.04. The van der Waals surface area contributed by atoms with Crippen molar-refractivity contribution >= 4 is 6.08 Å². The average Bonchev–Trinajstić information content (AvgIpc) is 2.18. The molecule has 0 amide bonds. The van der Waals surface area contributed by atoms with Crippen LogP contribution in [-0.2, 0) is 0 Å². The Morgan fingerprint density at radius 1 is 1.21 bits per heavy atom. The van der Waals surface area contributed by atoms with Gasteiger partial charge >= 0.3 is 0 Å². The molecule has 0 atom stereocenters. The Bertz CT molecular complexity index is 362. The molecule has 1 N–H and O–H groups in total. The summed E-state index contributed by atoms with van der Waals surface area (Å²) in [6.07, 6.45) is 5.20. The van der Waals surface area contributed by atoms with Gasteiger partial charge in [0.15, 0.2) is 0 Å². The maximum absolute atomic E-state index is 9.83. The maximum atomic E-state index is 9.83. The first kappa shape index (κ1) is 10.8. The Labute approximate surface area is 86.1 Å². The van der Waals surface area contributed by atoms with Crippen molar-refractivity contribution in [3.05, 3.63) is 34.4 Å². The van der Waals surface area contributed by atoms with Crippen LogP contribution in [-0.4, -0.2) is 5.11 Å². The number of hydrogen-bond acceptors (Lipinski definition) is 1. The summed E-state index contributed by atoms with van der Waals surface area (Å²) >= 11 is 0. The Hall–Kier alpha value is -1.24. The van der Waals surface area contributed by atoms with Crippen molar-refractivity contribution in [3.63, 3.8) is 0 Å². The summed E-state index contributed by atoms with van der Waals surface area (Å²) in [5.74, 6) is 0.431. The van der Waals surface area contributed by atoms with Gasteiger partial charge in [-0.3, -0.25) is 0 Å². The minimum absolute atomic E-state index is 0.431. The highest BCUT2D eigenvalue weighted by atomic mass is 16.3. The highest BCUT2D eigenvalue weighted by Crippen LogP contribution is 2.28. The summed E-state index contributed by atoms with van der Waals surface area (Å²) in [6, 6.07) is 2.12. The lowest BCUT2D eigenvalue weighted by atomic mass is 9.99. The van der Waals surface area contributed by atoms with Gasteiger partial charge in [0.05, 0.1) is 0 Å². The molecule has 76 valence electrons. The fraction of sp³-hybridized carbons (Fsp3) is 0.385. The van der Waals surface area contributed by atoms with Gasteiger partial charge in [-0.05, 0) is 49.4 Å². The third kappa shape index (κ3) is 1.98. The van der Waals surface area contributed by atoms with Gasteiger partial charge in [-0.15, -0.1) is 0 Å². The fourth-order valence-corrected chi connectivity index (χ4v) is 1.47. The van der Waals surface area contributed by atoms with Crippen molar-refractivity contribution in [3.8, 4) is 5.75 Å². The van der Waals surface area contributed by atoms with Crippen LogP contribution in [0.5, 0.6) is 5.75 Å². The van der Waals surface area contributed by atoms with E-state index in [9.17, 15) is 5.11 Å². The highest BCUT2D eigenvalue weighted by molar-refractivity contribution is 5.61. The van der Waals surface area contributed by atoms with Gasteiger partial charge in [-0.2, -0.15) is 0 Å². The van der Waals surface area contributed by atoms with Crippen molar-refractivity contribution in [1.29, 1.82) is 0 Å². The monoisotopic (exact) mass is 190 g/mol. The molecule has 0 fully saturated rings. The minimum atomic E-state index is 0.431. The van der Waals surface area contributed by atoms with Crippen LogP contribution in [0.3, 0.4) is 0 Å². The molecule has 0 radical (unpaired) electrons. The summed E-state index contributed by atoms with van der Waals surface area (Å²) in [5.41, 5.74) is 4.21. The zero-order valence-corrected chi connectivity index (χ0v) is 9.39. The zero-order valence-electron chi connectivity index (χ0n) is 9.39. The van der Waals surface area contributed by atoms with Crippen molar-refractivity contribution < 1.29 is 5.11 Å². The lowest BCUT2D eigenvalue weighted by molar-refractivity contribution is 0.466. The third-order valence-electron chi connectivity index (χ3n) is 2.64. The molecule has 0 heterocycles. The molecule has 14 heavy (non-hydrogen) atoms. The molecule has 0 unspecified atom stereocenters. The Morgan fingerprint density at radius 3 is 2.43 bits per heavy atom. The molecular weight excluding hydrogens is 172 g/mol. The molecular formula is C13H18O. The molecule has 0 aliphatic heterocycles. The van der Waals surface area contributed by atoms with E-state index < -0.39 is 0 Å². The number of phenols is 1. The quantitative estimate of drug-likeness (QED) is 0.753. The first-order chi connectivity index (χ1) is 6.57.